The van der Waals surface area contributed by atoms with Gasteiger partial charge in [0.1, 0.15) is 15.4 Å². The molecule has 1 aromatic carbocycles. The minimum Gasteiger partial charge on any atom is -0.397 e. The molecule has 0 saturated carbocycles. The number of nitrogens with zero attached hydrogens (tertiary/aromatic N) is 1. The smallest absolute Gasteiger partial charge is 0.397 e. The number of thiophene rings is 1. The van der Waals surface area contributed by atoms with Gasteiger partial charge in [-0.15, -0.1) is 11.3 Å². The fourth-order valence-electron chi connectivity index (χ4n) is 3.82. The van der Waals surface area contributed by atoms with Gasteiger partial charge in [-0.2, -0.15) is 13.2 Å². The lowest BCUT2D eigenvalue weighted by atomic mass is 9.88. The van der Waals surface area contributed by atoms with E-state index >= 15 is 0 Å². The van der Waals surface area contributed by atoms with Crippen LogP contribution in [0, 0.1) is 13.8 Å². The molecule has 0 saturated heterocycles. The molecule has 0 unspecified atom stereocenters. The molecule has 2 heterocycles. The first-order valence-corrected chi connectivity index (χ1v) is 10.2. The maximum Gasteiger partial charge on any atom is 0.433 e. The van der Waals surface area contributed by atoms with E-state index in [1.54, 1.807) is 6.07 Å². The first kappa shape index (κ1) is 19.7. The van der Waals surface area contributed by atoms with Crippen LogP contribution in [-0.4, -0.2) is 10.9 Å². The molecule has 8 heteroatoms. The number of carbonyl (C=O) groups excluding carboxylic acids is 1. The molecule has 3 aromatic rings. The predicted molar refractivity (Wildman–Crippen MR) is 110 cm³/mol. The molecule has 4 nitrogen and oxygen atoms in total. The van der Waals surface area contributed by atoms with Crippen molar-refractivity contribution in [1.82, 2.24) is 4.98 Å². The summed E-state index contributed by atoms with van der Waals surface area (Å²) in [5, 5.41) is 3.30. The van der Waals surface area contributed by atoms with Crippen LogP contribution >= 0.6 is 11.3 Å². The van der Waals surface area contributed by atoms with E-state index in [0.29, 0.717) is 35.9 Å². The molecule has 0 aliphatic heterocycles. The van der Waals surface area contributed by atoms with Crippen LogP contribution in [0.15, 0.2) is 18.2 Å². The summed E-state index contributed by atoms with van der Waals surface area (Å²) in [6.07, 6.45) is -2.21. The standard InChI is InChI=1S/C21H20F3N3OS/c1-10-7-8-12(9-11(10)2)26-19(28)17-16(25)15-13-5-3-4-6-14(13)18(21(22,23)24)27-20(15)29-17/h7-9H,3-6,25H2,1-2H3,(H,26,28). The van der Waals surface area contributed by atoms with Crippen molar-refractivity contribution in [3.8, 4) is 0 Å². The third-order valence-electron chi connectivity index (χ3n) is 5.43. The van der Waals surface area contributed by atoms with Gasteiger partial charge in [0.15, 0.2) is 0 Å². The van der Waals surface area contributed by atoms with E-state index in [9.17, 15) is 18.0 Å². The van der Waals surface area contributed by atoms with E-state index in [1.807, 2.05) is 26.0 Å². The van der Waals surface area contributed by atoms with Gasteiger partial charge in [-0.05, 0) is 73.9 Å². The van der Waals surface area contributed by atoms with Gasteiger partial charge in [0.05, 0.1) is 5.69 Å². The zero-order chi connectivity index (χ0) is 20.9. The van der Waals surface area contributed by atoms with E-state index in [1.165, 1.54) is 0 Å². The molecule has 0 spiro atoms. The summed E-state index contributed by atoms with van der Waals surface area (Å²) in [6, 6.07) is 5.52. The van der Waals surface area contributed by atoms with E-state index in [0.717, 1.165) is 28.9 Å². The van der Waals surface area contributed by atoms with Gasteiger partial charge < -0.3 is 11.1 Å². The Morgan fingerprint density at radius 2 is 1.83 bits per heavy atom. The lowest BCUT2D eigenvalue weighted by Crippen LogP contribution is -2.17. The fraction of sp³-hybridized carbons (Fsp3) is 0.333. The number of carbonyl (C=O) groups is 1. The average molecular weight is 419 g/mol. The number of fused-ring (bicyclic) bond motifs is 3. The summed E-state index contributed by atoms with van der Waals surface area (Å²) >= 11 is 0.914. The number of nitrogen functional groups attached to an aromatic ring is 1. The number of benzene rings is 1. The van der Waals surface area contributed by atoms with Gasteiger partial charge in [-0.3, -0.25) is 4.79 Å². The Morgan fingerprint density at radius 1 is 1.14 bits per heavy atom. The Balaban J connectivity index is 1.81. The van der Waals surface area contributed by atoms with Crippen molar-refractivity contribution < 1.29 is 18.0 Å². The number of aromatic nitrogens is 1. The molecule has 1 amide bonds. The minimum atomic E-state index is -4.53. The number of nitrogens with one attached hydrogen (secondary N) is 1. The highest BCUT2D eigenvalue weighted by atomic mass is 32.1. The van der Waals surface area contributed by atoms with Crippen molar-refractivity contribution in [3.05, 3.63) is 51.0 Å². The Labute approximate surface area is 169 Å². The number of hydrogen-bond acceptors (Lipinski definition) is 4. The number of pyridine rings is 1. The molecule has 3 N–H and O–H groups in total. The summed E-state index contributed by atoms with van der Waals surface area (Å²) in [6.45, 7) is 3.91. The lowest BCUT2D eigenvalue weighted by Gasteiger charge is -2.21. The van der Waals surface area contributed by atoms with E-state index in [4.69, 9.17) is 5.73 Å². The Morgan fingerprint density at radius 3 is 2.48 bits per heavy atom. The number of amides is 1. The molecular formula is C21H20F3N3OS. The number of rotatable bonds is 2. The molecule has 4 rings (SSSR count). The van der Waals surface area contributed by atoms with Crippen molar-refractivity contribution in [3.63, 3.8) is 0 Å². The maximum absolute atomic E-state index is 13.6. The third kappa shape index (κ3) is 3.46. The van der Waals surface area contributed by atoms with E-state index in [-0.39, 0.29) is 21.0 Å². The van der Waals surface area contributed by atoms with Crippen LogP contribution in [-0.2, 0) is 19.0 Å². The first-order chi connectivity index (χ1) is 13.7. The Hall–Kier alpha value is -2.61. The van der Waals surface area contributed by atoms with Crippen molar-refractivity contribution in [2.75, 3.05) is 11.1 Å². The van der Waals surface area contributed by atoms with Crippen molar-refractivity contribution in [1.29, 1.82) is 0 Å². The van der Waals surface area contributed by atoms with Crippen LogP contribution in [0.4, 0.5) is 24.5 Å². The number of halogens is 3. The van der Waals surface area contributed by atoms with Crippen LogP contribution in [0.25, 0.3) is 10.2 Å². The normalized spacial score (nSPS) is 14.1. The highest BCUT2D eigenvalue weighted by Gasteiger charge is 2.38. The lowest BCUT2D eigenvalue weighted by molar-refractivity contribution is -0.141. The van der Waals surface area contributed by atoms with Gasteiger partial charge >= 0.3 is 6.18 Å². The zero-order valence-corrected chi connectivity index (χ0v) is 16.9. The molecular weight excluding hydrogens is 399 g/mol. The van der Waals surface area contributed by atoms with Crippen molar-refractivity contribution in [2.45, 2.75) is 45.7 Å². The molecule has 152 valence electrons. The number of anilines is 2. The summed E-state index contributed by atoms with van der Waals surface area (Å²) < 4.78 is 40.7. The topological polar surface area (TPSA) is 68.0 Å². The second kappa shape index (κ2) is 7.02. The summed E-state index contributed by atoms with van der Waals surface area (Å²) in [7, 11) is 0. The van der Waals surface area contributed by atoms with Gasteiger partial charge in [0, 0.05) is 11.1 Å². The molecule has 0 fully saturated rings. The first-order valence-electron chi connectivity index (χ1n) is 9.36. The molecule has 1 aliphatic carbocycles. The van der Waals surface area contributed by atoms with Crippen LogP contribution < -0.4 is 11.1 Å². The maximum atomic E-state index is 13.6. The number of hydrogen-bond donors (Lipinski definition) is 2. The molecule has 0 atom stereocenters. The fourth-order valence-corrected chi connectivity index (χ4v) is 4.84. The molecule has 0 bridgehead atoms. The minimum absolute atomic E-state index is 0.167. The summed E-state index contributed by atoms with van der Waals surface area (Å²) in [5.41, 5.74) is 9.18. The van der Waals surface area contributed by atoms with E-state index < -0.39 is 17.8 Å². The molecule has 29 heavy (non-hydrogen) atoms. The number of nitrogens with two attached hydrogens (primary N) is 1. The second-order valence-corrected chi connectivity index (χ2v) is 8.40. The van der Waals surface area contributed by atoms with Gasteiger partial charge in [-0.1, -0.05) is 6.07 Å². The van der Waals surface area contributed by atoms with Crippen LogP contribution in [0.3, 0.4) is 0 Å². The summed E-state index contributed by atoms with van der Waals surface area (Å²) in [5.74, 6) is -0.438. The number of aryl methyl sites for hydroxylation is 3. The quantitative estimate of drug-likeness (QED) is 0.564. The Kier molecular flexibility index (Phi) is 4.77. The van der Waals surface area contributed by atoms with Crippen molar-refractivity contribution in [2.24, 2.45) is 0 Å². The third-order valence-corrected chi connectivity index (χ3v) is 6.53. The Bertz CT molecular complexity index is 1130. The van der Waals surface area contributed by atoms with Crippen LogP contribution in [0.2, 0.25) is 0 Å². The molecule has 0 radical (unpaired) electrons. The SMILES string of the molecule is Cc1ccc(NC(=O)c2sc3nc(C(F)(F)F)c4c(c3c2N)CCCC4)cc1C. The van der Waals surface area contributed by atoms with Crippen LogP contribution in [0.1, 0.15) is 50.5 Å². The van der Waals surface area contributed by atoms with Crippen molar-refractivity contribution >= 4 is 38.8 Å². The average Bonchev–Trinajstić information content (AvgIpc) is 3.00. The molecule has 1 aliphatic rings. The second-order valence-electron chi connectivity index (χ2n) is 7.40. The van der Waals surface area contributed by atoms with Gasteiger partial charge in [0.25, 0.3) is 5.91 Å². The van der Waals surface area contributed by atoms with Gasteiger partial charge in [-0.25, -0.2) is 4.98 Å². The van der Waals surface area contributed by atoms with Gasteiger partial charge in [0.2, 0.25) is 0 Å². The zero-order valence-electron chi connectivity index (χ0n) is 16.0. The highest BCUT2D eigenvalue weighted by Crippen LogP contribution is 2.43. The monoisotopic (exact) mass is 419 g/mol. The number of alkyl halides is 3. The van der Waals surface area contributed by atoms with Crippen LogP contribution in [0.5, 0.6) is 0 Å². The predicted octanol–water partition coefficient (Wildman–Crippen LogP) is 5.65. The van der Waals surface area contributed by atoms with E-state index in [2.05, 4.69) is 10.3 Å². The molecule has 2 aromatic heterocycles. The largest absolute Gasteiger partial charge is 0.433 e. The summed E-state index contributed by atoms with van der Waals surface area (Å²) in [4.78, 5) is 17.1. The highest BCUT2D eigenvalue weighted by molar-refractivity contribution is 7.21.